The molecule has 7 nitrogen and oxygen atoms in total. The van der Waals surface area contributed by atoms with Gasteiger partial charge in [-0.05, 0) is 45.2 Å². The molecule has 0 aromatic carbocycles. The predicted octanol–water partition coefficient (Wildman–Crippen LogP) is 0.269. The van der Waals surface area contributed by atoms with Crippen LogP contribution in [0.25, 0.3) is 0 Å². The molecule has 6 N–H and O–H groups in total. The third-order valence-corrected chi connectivity index (χ3v) is 3.55. The molecule has 0 aromatic rings. The van der Waals surface area contributed by atoms with Gasteiger partial charge in [-0.15, -0.1) is 0 Å². The lowest BCUT2D eigenvalue weighted by Crippen LogP contribution is -2.52. The molecular formula is C16H34N4O3. The number of amides is 1. The van der Waals surface area contributed by atoms with E-state index in [0.29, 0.717) is 25.9 Å². The smallest absolute Gasteiger partial charge is 0.328 e. The number of nitrogens with one attached hydrogen (secondary N) is 2. The lowest BCUT2D eigenvalue weighted by molar-refractivity contribution is -0.145. The van der Waals surface area contributed by atoms with Gasteiger partial charge in [0.2, 0.25) is 5.91 Å². The molecule has 0 saturated carbocycles. The van der Waals surface area contributed by atoms with Gasteiger partial charge in [0.05, 0.1) is 13.2 Å². The number of unbranched alkanes of at least 4 members (excludes halogenated alkanes) is 2. The maximum Gasteiger partial charge on any atom is 0.328 e. The lowest BCUT2D eigenvalue weighted by atomic mass is 10.1. The highest BCUT2D eigenvalue weighted by Gasteiger charge is 2.25. The fourth-order valence-corrected chi connectivity index (χ4v) is 2.34. The molecule has 0 aromatic heterocycles. The van der Waals surface area contributed by atoms with Gasteiger partial charge >= 0.3 is 5.97 Å². The lowest BCUT2D eigenvalue weighted by Gasteiger charge is -2.24. The van der Waals surface area contributed by atoms with Crippen LogP contribution in [0.3, 0.4) is 0 Å². The number of esters is 1. The Morgan fingerprint density at radius 3 is 1.91 bits per heavy atom. The Morgan fingerprint density at radius 1 is 0.957 bits per heavy atom. The van der Waals surface area contributed by atoms with Crippen LogP contribution >= 0.6 is 0 Å². The molecule has 7 heteroatoms. The minimum Gasteiger partial charge on any atom is -0.467 e. The second-order valence-corrected chi connectivity index (χ2v) is 6.03. The minimum absolute atomic E-state index is 0.168. The van der Waals surface area contributed by atoms with Crippen LogP contribution in [-0.2, 0) is 14.3 Å². The van der Waals surface area contributed by atoms with Gasteiger partial charge < -0.3 is 26.8 Å². The summed E-state index contributed by atoms with van der Waals surface area (Å²) in [4.78, 5) is 24.3. The molecule has 1 amide bonds. The van der Waals surface area contributed by atoms with Gasteiger partial charge in [0.25, 0.3) is 0 Å². The second kappa shape index (κ2) is 13.3. The molecule has 0 aliphatic rings. The first kappa shape index (κ1) is 21.8. The predicted molar refractivity (Wildman–Crippen MR) is 91.8 cm³/mol. The molecule has 0 rings (SSSR count). The van der Waals surface area contributed by atoms with E-state index in [1.54, 1.807) is 0 Å². The van der Waals surface area contributed by atoms with E-state index in [1.165, 1.54) is 7.11 Å². The van der Waals surface area contributed by atoms with Crippen LogP contribution in [-0.4, -0.2) is 50.2 Å². The average Bonchev–Trinajstić information content (AvgIpc) is 2.52. The first-order chi connectivity index (χ1) is 11.0. The molecule has 2 atom stereocenters. The van der Waals surface area contributed by atoms with E-state index in [-0.39, 0.29) is 18.0 Å². The van der Waals surface area contributed by atoms with Crippen molar-refractivity contribution in [2.24, 2.45) is 11.5 Å². The van der Waals surface area contributed by atoms with E-state index in [4.69, 9.17) is 16.2 Å². The van der Waals surface area contributed by atoms with Crippen molar-refractivity contribution in [2.45, 2.75) is 70.5 Å². The fourth-order valence-electron chi connectivity index (χ4n) is 2.34. The summed E-state index contributed by atoms with van der Waals surface area (Å²) in [5.41, 5.74) is 11.0. The van der Waals surface area contributed by atoms with Crippen molar-refractivity contribution in [1.29, 1.82) is 0 Å². The highest BCUT2D eigenvalue weighted by Crippen LogP contribution is 2.06. The van der Waals surface area contributed by atoms with Crippen LogP contribution in [0.2, 0.25) is 0 Å². The number of ether oxygens (including phenoxy) is 1. The Balaban J connectivity index is 4.67. The number of methoxy groups -OCH3 is 1. The third kappa shape index (κ3) is 10.3. The van der Waals surface area contributed by atoms with Gasteiger partial charge in [0.1, 0.15) is 6.04 Å². The average molecular weight is 330 g/mol. The van der Waals surface area contributed by atoms with Crippen LogP contribution in [0.15, 0.2) is 0 Å². The molecule has 0 radical (unpaired) electrons. The first-order valence-corrected chi connectivity index (χ1v) is 8.50. The van der Waals surface area contributed by atoms with Gasteiger partial charge in [-0.3, -0.25) is 4.79 Å². The van der Waals surface area contributed by atoms with Gasteiger partial charge in [-0.2, -0.15) is 0 Å². The fraction of sp³-hybridized carbons (Fsp3) is 0.875. The number of rotatable bonds is 13. The normalized spacial score (nSPS) is 13.7. The van der Waals surface area contributed by atoms with Gasteiger partial charge in [-0.1, -0.05) is 20.3 Å². The Labute approximate surface area is 139 Å². The molecule has 0 spiro atoms. The van der Waals surface area contributed by atoms with Crippen molar-refractivity contribution in [3.63, 3.8) is 0 Å². The summed E-state index contributed by atoms with van der Waals surface area (Å²) < 4.78 is 4.78. The van der Waals surface area contributed by atoms with Gasteiger partial charge in [0.15, 0.2) is 0 Å². The molecule has 2 unspecified atom stereocenters. The van der Waals surface area contributed by atoms with E-state index in [0.717, 1.165) is 25.7 Å². The standard InChI is InChI=1S/C16H34N4O3/c1-12(2)19-13(8-4-6-10-17)15(21)20-14(16(22)23-3)9-5-7-11-18/h12-14,19H,4-11,17-18H2,1-3H3,(H,20,21). The molecular weight excluding hydrogens is 296 g/mol. The van der Waals surface area contributed by atoms with Crippen molar-refractivity contribution in [3.05, 3.63) is 0 Å². The van der Waals surface area contributed by atoms with Crippen LogP contribution < -0.4 is 22.1 Å². The number of carbonyl (C=O) groups excluding carboxylic acids is 2. The molecule has 23 heavy (non-hydrogen) atoms. The summed E-state index contributed by atoms with van der Waals surface area (Å²) in [6, 6.07) is -0.773. The minimum atomic E-state index is -0.620. The van der Waals surface area contributed by atoms with Gasteiger partial charge in [0, 0.05) is 6.04 Å². The zero-order valence-electron chi connectivity index (χ0n) is 14.8. The molecule has 0 fully saturated rings. The molecule has 0 aliphatic heterocycles. The van der Waals surface area contributed by atoms with Crippen molar-refractivity contribution in [3.8, 4) is 0 Å². The third-order valence-electron chi connectivity index (χ3n) is 3.55. The van der Waals surface area contributed by atoms with Gasteiger partial charge in [-0.25, -0.2) is 4.79 Å². The number of nitrogens with two attached hydrogens (primary N) is 2. The van der Waals surface area contributed by atoms with Crippen LogP contribution in [0.1, 0.15) is 52.4 Å². The molecule has 0 aliphatic carbocycles. The zero-order valence-corrected chi connectivity index (χ0v) is 14.8. The molecule has 0 saturated heterocycles. The van der Waals surface area contributed by atoms with Crippen LogP contribution in [0.4, 0.5) is 0 Å². The van der Waals surface area contributed by atoms with Crippen LogP contribution in [0, 0.1) is 0 Å². The van der Waals surface area contributed by atoms with E-state index < -0.39 is 12.0 Å². The first-order valence-electron chi connectivity index (χ1n) is 8.50. The van der Waals surface area contributed by atoms with E-state index in [2.05, 4.69) is 10.6 Å². The second-order valence-electron chi connectivity index (χ2n) is 6.03. The van der Waals surface area contributed by atoms with Crippen molar-refractivity contribution < 1.29 is 14.3 Å². The largest absolute Gasteiger partial charge is 0.467 e. The van der Waals surface area contributed by atoms with Crippen molar-refractivity contribution in [2.75, 3.05) is 20.2 Å². The molecule has 136 valence electrons. The summed E-state index contributed by atoms with van der Waals surface area (Å²) in [5, 5.41) is 6.05. The van der Waals surface area contributed by atoms with Crippen molar-refractivity contribution >= 4 is 11.9 Å². The Bertz CT molecular complexity index is 337. The molecule has 0 bridgehead atoms. The maximum atomic E-state index is 12.5. The Hall–Kier alpha value is -1.18. The molecule has 0 heterocycles. The van der Waals surface area contributed by atoms with Crippen LogP contribution in [0.5, 0.6) is 0 Å². The number of hydrogen-bond acceptors (Lipinski definition) is 6. The van der Waals surface area contributed by atoms with E-state index >= 15 is 0 Å². The Morgan fingerprint density at radius 2 is 1.48 bits per heavy atom. The highest BCUT2D eigenvalue weighted by atomic mass is 16.5. The summed E-state index contributed by atoms with van der Waals surface area (Å²) in [7, 11) is 1.33. The summed E-state index contributed by atoms with van der Waals surface area (Å²) >= 11 is 0. The summed E-state index contributed by atoms with van der Waals surface area (Å²) in [6.07, 6.45) is 4.55. The Kier molecular flexibility index (Phi) is 12.6. The zero-order chi connectivity index (χ0) is 17.7. The van der Waals surface area contributed by atoms with E-state index in [9.17, 15) is 9.59 Å². The van der Waals surface area contributed by atoms with Crippen molar-refractivity contribution in [1.82, 2.24) is 10.6 Å². The highest BCUT2D eigenvalue weighted by molar-refractivity contribution is 5.87. The topological polar surface area (TPSA) is 119 Å². The monoisotopic (exact) mass is 330 g/mol. The quantitative estimate of drug-likeness (QED) is 0.284. The summed E-state index contributed by atoms with van der Waals surface area (Å²) in [6.45, 7) is 5.16. The van der Waals surface area contributed by atoms with E-state index in [1.807, 2.05) is 13.8 Å². The maximum absolute atomic E-state index is 12.5. The summed E-state index contributed by atoms with van der Waals surface area (Å²) in [5.74, 6) is -0.584. The number of carbonyl (C=O) groups is 2. The number of hydrogen-bond donors (Lipinski definition) is 4. The SMILES string of the molecule is COC(=O)C(CCCCN)NC(=O)C(CCCCN)NC(C)C.